The lowest BCUT2D eigenvalue weighted by molar-refractivity contribution is -0.124. The Morgan fingerprint density at radius 1 is 1.33 bits per heavy atom. The average Bonchev–Trinajstić information content (AvgIpc) is 3.06. The van der Waals surface area contributed by atoms with Gasteiger partial charge in [-0.25, -0.2) is 0 Å². The molecule has 0 aliphatic heterocycles. The van der Waals surface area contributed by atoms with Crippen LogP contribution in [0.25, 0.3) is 0 Å². The molecule has 1 rings (SSSR count). The van der Waals surface area contributed by atoms with Crippen molar-refractivity contribution in [2.24, 2.45) is 17.8 Å². The van der Waals surface area contributed by atoms with Crippen LogP contribution in [0.3, 0.4) is 0 Å². The van der Waals surface area contributed by atoms with Gasteiger partial charge in [-0.3, -0.25) is 4.79 Å². The fourth-order valence-corrected chi connectivity index (χ4v) is 2.27. The minimum absolute atomic E-state index is 0.348. The zero-order valence-electron chi connectivity index (χ0n) is 10.6. The summed E-state index contributed by atoms with van der Waals surface area (Å²) in [6.07, 6.45) is 8.37. The Morgan fingerprint density at radius 2 is 2.00 bits per heavy atom. The van der Waals surface area contributed by atoms with Crippen molar-refractivity contribution in [1.29, 1.82) is 0 Å². The van der Waals surface area contributed by atoms with Crippen molar-refractivity contribution >= 4 is 5.78 Å². The second kappa shape index (κ2) is 6.30. The minimum Gasteiger partial charge on any atom is -0.299 e. The quantitative estimate of drug-likeness (QED) is 0.586. The van der Waals surface area contributed by atoms with Crippen LogP contribution in [0.15, 0.2) is 0 Å². The van der Waals surface area contributed by atoms with Gasteiger partial charge in [0.15, 0.2) is 0 Å². The van der Waals surface area contributed by atoms with Crippen molar-refractivity contribution in [3.8, 4) is 0 Å². The van der Waals surface area contributed by atoms with Gasteiger partial charge in [-0.05, 0) is 24.7 Å². The summed E-state index contributed by atoms with van der Waals surface area (Å²) >= 11 is 0. The van der Waals surface area contributed by atoms with Crippen LogP contribution >= 0.6 is 0 Å². The van der Waals surface area contributed by atoms with Gasteiger partial charge in [0.25, 0.3) is 0 Å². The summed E-state index contributed by atoms with van der Waals surface area (Å²) in [5.41, 5.74) is 0. The van der Waals surface area contributed by atoms with Crippen LogP contribution in [0.5, 0.6) is 0 Å². The first kappa shape index (κ1) is 12.7. The van der Waals surface area contributed by atoms with E-state index in [1.165, 1.54) is 38.5 Å². The zero-order chi connectivity index (χ0) is 11.3. The van der Waals surface area contributed by atoms with Crippen molar-refractivity contribution in [3.63, 3.8) is 0 Å². The van der Waals surface area contributed by atoms with Crippen LogP contribution in [-0.4, -0.2) is 5.78 Å². The second-order valence-corrected chi connectivity index (χ2v) is 5.21. The van der Waals surface area contributed by atoms with E-state index >= 15 is 0 Å². The first-order chi connectivity index (χ1) is 7.19. The highest BCUT2D eigenvalue weighted by atomic mass is 16.1. The summed E-state index contributed by atoms with van der Waals surface area (Å²) in [6.45, 7) is 6.57. The molecule has 0 amide bonds. The number of hydrogen-bond acceptors (Lipinski definition) is 1. The van der Waals surface area contributed by atoms with Crippen LogP contribution in [0.4, 0.5) is 0 Å². The summed E-state index contributed by atoms with van der Waals surface area (Å²) in [7, 11) is 0. The average molecular weight is 210 g/mol. The maximum absolute atomic E-state index is 12.0. The smallest absolute Gasteiger partial charge is 0.136 e. The highest BCUT2D eigenvalue weighted by Gasteiger charge is 2.32. The van der Waals surface area contributed by atoms with E-state index in [2.05, 4.69) is 20.8 Å². The van der Waals surface area contributed by atoms with Gasteiger partial charge in [0, 0.05) is 12.3 Å². The molecule has 0 spiro atoms. The monoisotopic (exact) mass is 210 g/mol. The van der Waals surface area contributed by atoms with Gasteiger partial charge < -0.3 is 0 Å². The summed E-state index contributed by atoms with van der Waals surface area (Å²) in [5, 5.41) is 0. The lowest BCUT2D eigenvalue weighted by Crippen LogP contribution is -2.17. The molecule has 0 bridgehead atoms. The van der Waals surface area contributed by atoms with Crippen LogP contribution in [0.2, 0.25) is 0 Å². The molecule has 2 unspecified atom stereocenters. The SMILES string of the molecule is CCCCC(CC)CC(=O)C(C)C1CC1. The second-order valence-electron chi connectivity index (χ2n) is 5.21. The molecule has 0 aromatic rings. The van der Waals surface area contributed by atoms with E-state index in [1.54, 1.807) is 0 Å². The van der Waals surface area contributed by atoms with Gasteiger partial charge in [-0.15, -0.1) is 0 Å². The topological polar surface area (TPSA) is 17.1 Å². The first-order valence-electron chi connectivity index (χ1n) is 6.71. The molecule has 1 nitrogen and oxygen atoms in total. The third-order valence-electron chi connectivity index (χ3n) is 3.87. The Labute approximate surface area is 94.6 Å². The van der Waals surface area contributed by atoms with Crippen molar-refractivity contribution in [2.45, 2.75) is 65.7 Å². The van der Waals surface area contributed by atoms with Crippen molar-refractivity contribution in [3.05, 3.63) is 0 Å². The maximum atomic E-state index is 12.0. The fourth-order valence-electron chi connectivity index (χ4n) is 2.27. The Kier molecular flexibility index (Phi) is 5.35. The molecule has 15 heavy (non-hydrogen) atoms. The van der Waals surface area contributed by atoms with E-state index in [0.717, 1.165) is 12.3 Å². The molecule has 1 saturated carbocycles. The molecule has 1 heteroatoms. The van der Waals surface area contributed by atoms with Gasteiger partial charge in [-0.1, -0.05) is 46.5 Å². The molecule has 0 saturated heterocycles. The standard InChI is InChI=1S/C14H26O/c1-4-6-7-12(5-2)10-14(15)11(3)13-8-9-13/h11-13H,4-10H2,1-3H3. The minimum atomic E-state index is 0.348. The largest absolute Gasteiger partial charge is 0.299 e. The molecule has 0 aromatic heterocycles. The van der Waals surface area contributed by atoms with E-state index in [1.807, 2.05) is 0 Å². The van der Waals surface area contributed by atoms with Crippen LogP contribution < -0.4 is 0 Å². The van der Waals surface area contributed by atoms with E-state index in [0.29, 0.717) is 17.6 Å². The molecule has 0 aromatic carbocycles. The Morgan fingerprint density at radius 3 is 2.47 bits per heavy atom. The van der Waals surface area contributed by atoms with Crippen molar-refractivity contribution in [1.82, 2.24) is 0 Å². The summed E-state index contributed by atoms with van der Waals surface area (Å²) in [6, 6.07) is 0. The number of unbranched alkanes of at least 4 members (excludes halogenated alkanes) is 1. The lowest BCUT2D eigenvalue weighted by atomic mass is 9.88. The Hall–Kier alpha value is -0.330. The van der Waals surface area contributed by atoms with E-state index in [-0.39, 0.29) is 0 Å². The lowest BCUT2D eigenvalue weighted by Gasteiger charge is -2.16. The Balaban J connectivity index is 2.26. The van der Waals surface area contributed by atoms with Crippen LogP contribution in [0, 0.1) is 17.8 Å². The molecule has 2 atom stereocenters. The molecule has 0 radical (unpaired) electrons. The van der Waals surface area contributed by atoms with Gasteiger partial charge in [0.2, 0.25) is 0 Å². The molecule has 1 aliphatic rings. The Bertz CT molecular complexity index is 194. The molecular formula is C14H26O. The van der Waals surface area contributed by atoms with Gasteiger partial charge in [0.05, 0.1) is 0 Å². The third kappa shape index (κ3) is 4.36. The molecule has 1 fully saturated rings. The molecule has 88 valence electrons. The number of hydrogen-bond donors (Lipinski definition) is 0. The highest BCUT2D eigenvalue weighted by Crippen LogP contribution is 2.38. The van der Waals surface area contributed by atoms with Gasteiger partial charge in [-0.2, -0.15) is 0 Å². The summed E-state index contributed by atoms with van der Waals surface area (Å²) < 4.78 is 0. The molecule has 0 N–H and O–H groups in total. The summed E-state index contributed by atoms with van der Waals surface area (Å²) in [5.74, 6) is 2.26. The molecule has 0 heterocycles. The van der Waals surface area contributed by atoms with Crippen LogP contribution in [-0.2, 0) is 4.79 Å². The van der Waals surface area contributed by atoms with Crippen molar-refractivity contribution in [2.75, 3.05) is 0 Å². The maximum Gasteiger partial charge on any atom is 0.136 e. The number of carbonyl (C=O) groups is 1. The molecule has 1 aliphatic carbocycles. The van der Waals surface area contributed by atoms with Gasteiger partial charge in [0.1, 0.15) is 5.78 Å². The van der Waals surface area contributed by atoms with Crippen molar-refractivity contribution < 1.29 is 4.79 Å². The predicted octanol–water partition coefficient (Wildman–Crippen LogP) is 4.21. The normalized spacial score (nSPS) is 19.9. The van der Waals surface area contributed by atoms with Crippen LogP contribution in [0.1, 0.15) is 65.7 Å². The fraction of sp³-hybridized carbons (Fsp3) is 0.929. The van der Waals surface area contributed by atoms with E-state index in [9.17, 15) is 4.79 Å². The summed E-state index contributed by atoms with van der Waals surface area (Å²) in [4.78, 5) is 12.0. The van der Waals surface area contributed by atoms with E-state index < -0.39 is 0 Å². The number of rotatable bonds is 8. The highest BCUT2D eigenvalue weighted by molar-refractivity contribution is 5.81. The number of Topliss-reactive ketones (excluding diaryl/α,β-unsaturated/α-hetero) is 1. The molecular weight excluding hydrogens is 184 g/mol. The van der Waals surface area contributed by atoms with E-state index in [4.69, 9.17) is 0 Å². The number of carbonyl (C=O) groups excluding carboxylic acids is 1. The predicted molar refractivity (Wildman–Crippen MR) is 64.8 cm³/mol. The number of ketones is 1. The zero-order valence-corrected chi connectivity index (χ0v) is 10.6. The third-order valence-corrected chi connectivity index (χ3v) is 3.87. The first-order valence-corrected chi connectivity index (χ1v) is 6.71. The van der Waals surface area contributed by atoms with Gasteiger partial charge >= 0.3 is 0 Å².